The van der Waals surface area contributed by atoms with E-state index in [1.54, 1.807) is 0 Å². The number of piperidine rings is 1. The Kier molecular flexibility index (Phi) is 4.05. The van der Waals surface area contributed by atoms with Gasteiger partial charge in [-0.25, -0.2) is 0 Å². The van der Waals surface area contributed by atoms with Crippen molar-refractivity contribution in [3.8, 4) is 0 Å². The van der Waals surface area contributed by atoms with Gasteiger partial charge in [-0.1, -0.05) is 0 Å². The Morgan fingerprint density at radius 1 is 1.21 bits per heavy atom. The molecule has 0 aromatic heterocycles. The first kappa shape index (κ1) is 13.3. The minimum absolute atomic E-state index is 0.150. The summed E-state index contributed by atoms with van der Waals surface area (Å²) in [5.41, 5.74) is 5.87. The molecule has 0 radical (unpaired) electrons. The molecule has 2 saturated heterocycles. The van der Waals surface area contributed by atoms with Crippen LogP contribution in [0.15, 0.2) is 0 Å². The lowest BCUT2D eigenvalue weighted by Crippen LogP contribution is -2.48. The van der Waals surface area contributed by atoms with Crippen molar-refractivity contribution in [2.24, 2.45) is 11.7 Å². The average Bonchev–Trinajstić information content (AvgIpc) is 3.13. The van der Waals surface area contributed by atoms with Gasteiger partial charge in [-0.2, -0.15) is 0 Å². The molecule has 2 unspecified atom stereocenters. The Balaban J connectivity index is 1.43. The van der Waals surface area contributed by atoms with Crippen molar-refractivity contribution in [3.63, 3.8) is 0 Å². The van der Waals surface area contributed by atoms with E-state index in [2.05, 4.69) is 10.2 Å². The van der Waals surface area contributed by atoms with Gasteiger partial charge in [-0.3, -0.25) is 9.69 Å². The first-order chi connectivity index (χ1) is 9.22. The average molecular weight is 267 g/mol. The van der Waals surface area contributed by atoms with E-state index in [0.29, 0.717) is 18.5 Å². The molecule has 0 aromatic rings. The third-order valence-electron chi connectivity index (χ3n) is 4.57. The number of ether oxygens (including phenoxy) is 1. The first-order valence-electron chi connectivity index (χ1n) is 7.61. The summed E-state index contributed by atoms with van der Waals surface area (Å²) >= 11 is 0. The highest BCUT2D eigenvalue weighted by Crippen LogP contribution is 2.38. The number of nitrogens with two attached hydrogens (primary N) is 1. The van der Waals surface area contributed by atoms with Crippen LogP contribution in [0.1, 0.15) is 32.1 Å². The fourth-order valence-corrected chi connectivity index (χ4v) is 3.22. The molecule has 108 valence electrons. The molecule has 1 aliphatic carbocycles. The smallest absolute Gasteiger partial charge is 0.234 e. The van der Waals surface area contributed by atoms with Crippen molar-refractivity contribution in [3.05, 3.63) is 0 Å². The van der Waals surface area contributed by atoms with Gasteiger partial charge in [0.25, 0.3) is 0 Å². The Bertz CT molecular complexity index is 325. The van der Waals surface area contributed by atoms with Gasteiger partial charge >= 0.3 is 0 Å². The predicted octanol–water partition coefficient (Wildman–Crippen LogP) is 0.0932. The maximum absolute atomic E-state index is 12.1. The monoisotopic (exact) mass is 267 g/mol. The van der Waals surface area contributed by atoms with Gasteiger partial charge in [0, 0.05) is 25.7 Å². The highest BCUT2D eigenvalue weighted by atomic mass is 16.5. The molecule has 19 heavy (non-hydrogen) atoms. The second-order valence-electron chi connectivity index (χ2n) is 6.25. The highest BCUT2D eigenvalue weighted by molar-refractivity contribution is 5.78. The van der Waals surface area contributed by atoms with E-state index >= 15 is 0 Å². The van der Waals surface area contributed by atoms with E-state index in [1.165, 1.54) is 12.8 Å². The Morgan fingerprint density at radius 2 is 1.95 bits per heavy atom. The van der Waals surface area contributed by atoms with Crippen molar-refractivity contribution < 1.29 is 9.53 Å². The number of carbonyl (C=O) groups is 1. The topological polar surface area (TPSA) is 67.6 Å². The normalized spacial score (nSPS) is 33.5. The van der Waals surface area contributed by atoms with Gasteiger partial charge in [0.15, 0.2) is 0 Å². The van der Waals surface area contributed by atoms with Crippen molar-refractivity contribution >= 4 is 5.91 Å². The number of likely N-dealkylation sites (tertiary alicyclic amines) is 1. The lowest BCUT2D eigenvalue weighted by atomic mass is 10.1. The molecule has 3 fully saturated rings. The molecule has 5 nitrogen and oxygen atoms in total. The molecule has 3 rings (SSSR count). The minimum Gasteiger partial charge on any atom is -0.376 e. The fraction of sp³-hybridized carbons (Fsp3) is 0.929. The Morgan fingerprint density at radius 3 is 2.63 bits per heavy atom. The lowest BCUT2D eigenvalue weighted by molar-refractivity contribution is -0.123. The number of hydrogen-bond acceptors (Lipinski definition) is 4. The van der Waals surface area contributed by atoms with E-state index in [4.69, 9.17) is 10.5 Å². The van der Waals surface area contributed by atoms with Gasteiger partial charge in [-0.15, -0.1) is 0 Å². The molecule has 3 N–H and O–H groups in total. The van der Waals surface area contributed by atoms with Gasteiger partial charge in [0.05, 0.1) is 18.7 Å². The van der Waals surface area contributed by atoms with Crippen LogP contribution in [0.25, 0.3) is 0 Å². The molecule has 0 bridgehead atoms. The van der Waals surface area contributed by atoms with Crippen molar-refractivity contribution in [2.45, 2.75) is 50.3 Å². The summed E-state index contributed by atoms with van der Waals surface area (Å²) in [5, 5.41) is 3.17. The van der Waals surface area contributed by atoms with Gasteiger partial charge in [0.2, 0.25) is 5.91 Å². The second-order valence-corrected chi connectivity index (χ2v) is 6.25. The standard InChI is InChI=1S/C14H25N3O2/c15-11-3-6-17(7-4-11)9-13(18)16-12-5-8-19-14(12)10-1-2-10/h10-12,14H,1-9,15H2,(H,16,18). The maximum atomic E-state index is 12.1. The Hall–Kier alpha value is -0.650. The summed E-state index contributed by atoms with van der Waals surface area (Å²) < 4.78 is 5.75. The number of nitrogens with zero attached hydrogens (tertiary/aromatic N) is 1. The van der Waals surface area contributed by atoms with Crippen LogP contribution in [0, 0.1) is 5.92 Å². The van der Waals surface area contributed by atoms with Crippen LogP contribution in [0.4, 0.5) is 0 Å². The van der Waals surface area contributed by atoms with Crippen LogP contribution in [0.3, 0.4) is 0 Å². The van der Waals surface area contributed by atoms with E-state index in [0.717, 1.165) is 39.0 Å². The zero-order valence-electron chi connectivity index (χ0n) is 11.5. The Labute approximate surface area is 114 Å². The zero-order chi connectivity index (χ0) is 13.2. The number of nitrogens with one attached hydrogen (secondary N) is 1. The molecular formula is C14H25N3O2. The van der Waals surface area contributed by atoms with Gasteiger partial charge in [0.1, 0.15) is 0 Å². The van der Waals surface area contributed by atoms with Gasteiger partial charge in [-0.05, 0) is 38.0 Å². The summed E-state index contributed by atoms with van der Waals surface area (Å²) in [7, 11) is 0. The summed E-state index contributed by atoms with van der Waals surface area (Å²) in [5.74, 6) is 0.845. The third kappa shape index (κ3) is 3.46. The van der Waals surface area contributed by atoms with Crippen molar-refractivity contribution in [1.29, 1.82) is 0 Å². The molecule has 2 aliphatic heterocycles. The van der Waals surface area contributed by atoms with Crippen LogP contribution in [0.2, 0.25) is 0 Å². The molecule has 2 atom stereocenters. The number of rotatable bonds is 4. The summed E-state index contributed by atoms with van der Waals surface area (Å²) in [6, 6.07) is 0.564. The predicted molar refractivity (Wildman–Crippen MR) is 72.7 cm³/mol. The molecule has 3 aliphatic rings. The summed E-state index contributed by atoms with van der Waals surface area (Å²) in [6.07, 6.45) is 5.79. The molecule has 2 heterocycles. The van der Waals surface area contributed by atoms with E-state index in [1.807, 2.05) is 0 Å². The number of amides is 1. The minimum atomic E-state index is 0.150. The molecular weight excluding hydrogens is 242 g/mol. The van der Waals surface area contributed by atoms with Crippen molar-refractivity contribution in [2.75, 3.05) is 26.2 Å². The largest absolute Gasteiger partial charge is 0.376 e. The van der Waals surface area contributed by atoms with Crippen molar-refractivity contribution in [1.82, 2.24) is 10.2 Å². The first-order valence-corrected chi connectivity index (χ1v) is 7.61. The third-order valence-corrected chi connectivity index (χ3v) is 4.57. The van der Waals surface area contributed by atoms with Crippen LogP contribution >= 0.6 is 0 Å². The molecule has 0 aromatic carbocycles. The summed E-state index contributed by atoms with van der Waals surface area (Å²) in [6.45, 7) is 3.20. The summed E-state index contributed by atoms with van der Waals surface area (Å²) in [4.78, 5) is 14.3. The molecule has 1 amide bonds. The number of carbonyl (C=O) groups excluding carboxylic acids is 1. The van der Waals surface area contributed by atoms with E-state index in [-0.39, 0.29) is 18.1 Å². The quantitative estimate of drug-likeness (QED) is 0.758. The SMILES string of the molecule is NC1CCN(CC(=O)NC2CCOC2C2CC2)CC1. The van der Waals surface area contributed by atoms with Crippen LogP contribution in [0.5, 0.6) is 0 Å². The van der Waals surface area contributed by atoms with Gasteiger partial charge < -0.3 is 15.8 Å². The fourth-order valence-electron chi connectivity index (χ4n) is 3.22. The van der Waals surface area contributed by atoms with Crippen LogP contribution in [-0.4, -0.2) is 55.2 Å². The van der Waals surface area contributed by atoms with E-state index in [9.17, 15) is 4.79 Å². The van der Waals surface area contributed by atoms with Crippen LogP contribution in [-0.2, 0) is 9.53 Å². The highest BCUT2D eigenvalue weighted by Gasteiger charge is 2.41. The second kappa shape index (κ2) is 5.77. The molecule has 5 heteroatoms. The van der Waals surface area contributed by atoms with E-state index < -0.39 is 0 Å². The number of hydrogen-bond donors (Lipinski definition) is 2. The molecule has 0 spiro atoms. The molecule has 1 saturated carbocycles. The maximum Gasteiger partial charge on any atom is 0.234 e. The zero-order valence-corrected chi connectivity index (χ0v) is 11.5. The van der Waals surface area contributed by atoms with Crippen LogP contribution < -0.4 is 11.1 Å². The lowest BCUT2D eigenvalue weighted by Gasteiger charge is -2.30.